The van der Waals surface area contributed by atoms with E-state index >= 15 is 0 Å². The molecule has 1 aromatic rings. The molecule has 0 aromatic carbocycles. The van der Waals surface area contributed by atoms with E-state index in [1.807, 2.05) is 0 Å². The van der Waals surface area contributed by atoms with E-state index in [1.54, 1.807) is 6.92 Å². The minimum Gasteiger partial charge on any atom is -0.443 e. The molecular weight excluding hydrogens is 134 g/mol. The predicted molar refractivity (Wildman–Crippen MR) is 33.1 cm³/mol. The van der Waals surface area contributed by atoms with E-state index in [9.17, 15) is 0 Å². The third-order valence-corrected chi connectivity index (χ3v) is 1.22. The third kappa shape index (κ3) is 1.17. The Morgan fingerprint density at radius 1 is 1.40 bits per heavy atom. The molecule has 10 heavy (non-hydrogen) atoms. The van der Waals surface area contributed by atoms with Crippen LogP contribution < -0.4 is 0 Å². The van der Waals surface area contributed by atoms with Gasteiger partial charge in [-0.15, -0.1) is 0 Å². The lowest BCUT2D eigenvalue weighted by Gasteiger charge is -1.83. The molecule has 56 valence electrons. The number of hydrogen-bond donors (Lipinski definition) is 2. The third-order valence-electron chi connectivity index (χ3n) is 1.22. The van der Waals surface area contributed by atoms with Gasteiger partial charge >= 0.3 is 0 Å². The molecule has 0 aliphatic heterocycles. The molecule has 1 heterocycles. The van der Waals surface area contributed by atoms with Crippen molar-refractivity contribution in [2.75, 3.05) is 0 Å². The molecule has 0 spiro atoms. The highest BCUT2D eigenvalue weighted by molar-refractivity contribution is 5.06. The minimum absolute atomic E-state index is 0.144. The van der Waals surface area contributed by atoms with Crippen LogP contribution in [0, 0.1) is 6.92 Å². The van der Waals surface area contributed by atoms with Crippen molar-refractivity contribution in [3.05, 3.63) is 17.3 Å². The van der Waals surface area contributed by atoms with Gasteiger partial charge in [-0.2, -0.15) is 0 Å². The summed E-state index contributed by atoms with van der Waals surface area (Å²) in [7, 11) is 0. The van der Waals surface area contributed by atoms with Crippen LogP contribution in [0.25, 0.3) is 0 Å². The van der Waals surface area contributed by atoms with Gasteiger partial charge in [0.05, 0.1) is 6.61 Å². The molecule has 0 saturated carbocycles. The first-order valence-electron chi connectivity index (χ1n) is 2.95. The van der Waals surface area contributed by atoms with Crippen LogP contribution in [0.2, 0.25) is 0 Å². The quantitative estimate of drug-likeness (QED) is 0.610. The van der Waals surface area contributed by atoms with E-state index in [-0.39, 0.29) is 19.1 Å². The second-order valence-corrected chi connectivity index (χ2v) is 1.93. The number of oxazole rings is 1. The Balaban J connectivity index is 2.92. The summed E-state index contributed by atoms with van der Waals surface area (Å²) in [6.45, 7) is 1.33. The van der Waals surface area contributed by atoms with E-state index in [4.69, 9.17) is 14.6 Å². The van der Waals surface area contributed by atoms with E-state index in [0.29, 0.717) is 11.5 Å². The molecule has 0 aliphatic carbocycles. The molecule has 0 radical (unpaired) electrons. The molecule has 2 N–H and O–H groups in total. The summed E-state index contributed by atoms with van der Waals surface area (Å²) in [5, 5.41) is 17.2. The fourth-order valence-corrected chi connectivity index (χ4v) is 0.702. The zero-order valence-corrected chi connectivity index (χ0v) is 5.66. The first-order chi connectivity index (χ1) is 4.77. The highest BCUT2D eigenvalue weighted by Gasteiger charge is 2.05. The van der Waals surface area contributed by atoms with Crippen LogP contribution in [0.3, 0.4) is 0 Å². The molecule has 1 aromatic heterocycles. The van der Waals surface area contributed by atoms with Gasteiger partial charge in [0, 0.05) is 0 Å². The Hall–Kier alpha value is -0.870. The van der Waals surface area contributed by atoms with Gasteiger partial charge in [-0.05, 0) is 6.92 Å². The Bertz CT molecular complexity index is 219. The number of aliphatic hydroxyl groups excluding tert-OH is 2. The smallest absolute Gasteiger partial charge is 0.220 e. The van der Waals surface area contributed by atoms with Crippen LogP contribution in [0.4, 0.5) is 0 Å². The Morgan fingerprint density at radius 3 is 2.40 bits per heavy atom. The molecule has 4 nitrogen and oxygen atoms in total. The average Bonchev–Trinajstić information content (AvgIpc) is 2.30. The Kier molecular flexibility index (Phi) is 2.03. The van der Waals surface area contributed by atoms with Gasteiger partial charge in [0.15, 0.2) is 0 Å². The van der Waals surface area contributed by atoms with Gasteiger partial charge in [-0.3, -0.25) is 0 Å². The standard InChI is InChI=1S/C6H9NO3/c1-4-5(2-8)7-6(3-9)10-4/h8-9H,2-3H2,1H3. The van der Waals surface area contributed by atoms with Crippen molar-refractivity contribution in [2.45, 2.75) is 20.1 Å². The highest BCUT2D eigenvalue weighted by Crippen LogP contribution is 2.08. The molecule has 0 aliphatic rings. The first kappa shape index (κ1) is 7.24. The average molecular weight is 143 g/mol. The fourth-order valence-electron chi connectivity index (χ4n) is 0.702. The lowest BCUT2D eigenvalue weighted by atomic mass is 10.4. The van der Waals surface area contributed by atoms with Crippen LogP contribution in [0.5, 0.6) is 0 Å². The van der Waals surface area contributed by atoms with Crippen molar-refractivity contribution in [1.29, 1.82) is 0 Å². The van der Waals surface area contributed by atoms with E-state index in [1.165, 1.54) is 0 Å². The summed E-state index contributed by atoms with van der Waals surface area (Å²) in [6, 6.07) is 0. The second-order valence-electron chi connectivity index (χ2n) is 1.93. The maximum absolute atomic E-state index is 8.62. The van der Waals surface area contributed by atoms with Crippen LogP contribution >= 0.6 is 0 Å². The van der Waals surface area contributed by atoms with Gasteiger partial charge in [-0.25, -0.2) is 4.98 Å². The Labute approximate surface area is 58.1 Å². The largest absolute Gasteiger partial charge is 0.443 e. The van der Waals surface area contributed by atoms with Crippen LogP contribution in [0.1, 0.15) is 17.3 Å². The van der Waals surface area contributed by atoms with E-state index < -0.39 is 0 Å². The van der Waals surface area contributed by atoms with E-state index in [2.05, 4.69) is 4.98 Å². The summed E-state index contributed by atoms with van der Waals surface area (Å²) in [4.78, 5) is 3.78. The maximum Gasteiger partial charge on any atom is 0.220 e. The SMILES string of the molecule is Cc1oc(CO)nc1CO. The number of hydrogen-bond acceptors (Lipinski definition) is 4. The van der Waals surface area contributed by atoms with Crippen molar-refractivity contribution in [3.63, 3.8) is 0 Å². The topological polar surface area (TPSA) is 66.5 Å². The number of aryl methyl sites for hydroxylation is 1. The van der Waals surface area contributed by atoms with Crippen molar-refractivity contribution in [3.8, 4) is 0 Å². The monoisotopic (exact) mass is 143 g/mol. The van der Waals surface area contributed by atoms with Gasteiger partial charge in [0.2, 0.25) is 5.89 Å². The number of nitrogens with zero attached hydrogens (tertiary/aromatic N) is 1. The number of aromatic nitrogens is 1. The molecule has 0 fully saturated rings. The van der Waals surface area contributed by atoms with Gasteiger partial charge in [-0.1, -0.05) is 0 Å². The maximum atomic E-state index is 8.62. The molecule has 0 unspecified atom stereocenters. The molecule has 1 rings (SSSR count). The summed E-state index contributed by atoms with van der Waals surface area (Å²) >= 11 is 0. The van der Waals surface area contributed by atoms with Gasteiger partial charge in [0.25, 0.3) is 0 Å². The molecule has 0 atom stereocenters. The van der Waals surface area contributed by atoms with Gasteiger partial charge in [0.1, 0.15) is 18.1 Å². The zero-order chi connectivity index (χ0) is 7.56. The second kappa shape index (κ2) is 2.81. The number of aliphatic hydroxyl groups is 2. The summed E-state index contributed by atoms with van der Waals surface area (Å²) < 4.78 is 4.93. The van der Waals surface area contributed by atoms with Crippen LogP contribution in [0.15, 0.2) is 4.42 Å². The summed E-state index contributed by atoms with van der Waals surface area (Å²) in [5.74, 6) is 0.813. The van der Waals surface area contributed by atoms with Crippen LogP contribution in [-0.2, 0) is 13.2 Å². The van der Waals surface area contributed by atoms with Gasteiger partial charge < -0.3 is 14.6 Å². The highest BCUT2D eigenvalue weighted by atomic mass is 16.4. The summed E-state index contributed by atoms with van der Waals surface area (Å²) in [5.41, 5.74) is 0.490. The number of rotatable bonds is 2. The normalized spacial score (nSPS) is 10.3. The van der Waals surface area contributed by atoms with Crippen molar-refractivity contribution >= 4 is 0 Å². The fraction of sp³-hybridized carbons (Fsp3) is 0.500. The van der Waals surface area contributed by atoms with Crippen molar-refractivity contribution in [1.82, 2.24) is 4.98 Å². The predicted octanol–water partition coefficient (Wildman–Crippen LogP) is -0.0324. The van der Waals surface area contributed by atoms with Crippen LogP contribution in [-0.4, -0.2) is 15.2 Å². The van der Waals surface area contributed by atoms with Crippen molar-refractivity contribution in [2.24, 2.45) is 0 Å². The molecule has 0 bridgehead atoms. The molecule has 0 saturated heterocycles. The molecule has 0 amide bonds. The summed E-state index contributed by atoms with van der Waals surface area (Å²) in [6.07, 6.45) is 0. The Morgan fingerprint density at radius 2 is 2.10 bits per heavy atom. The molecular formula is C6H9NO3. The zero-order valence-electron chi connectivity index (χ0n) is 5.66. The lowest BCUT2D eigenvalue weighted by Crippen LogP contribution is -1.86. The lowest BCUT2D eigenvalue weighted by molar-refractivity contribution is 0.238. The first-order valence-corrected chi connectivity index (χ1v) is 2.95. The minimum atomic E-state index is -0.221. The van der Waals surface area contributed by atoms with Crippen molar-refractivity contribution < 1.29 is 14.6 Å². The molecule has 4 heteroatoms. The van der Waals surface area contributed by atoms with E-state index in [0.717, 1.165) is 0 Å².